The Morgan fingerprint density at radius 2 is 2.07 bits per heavy atom. The van der Waals surface area contributed by atoms with Crippen molar-refractivity contribution in [2.24, 2.45) is 0 Å². The third kappa shape index (κ3) is 2.30. The minimum absolute atomic E-state index is 0.154. The molecule has 1 aromatic heterocycles. The highest BCUT2D eigenvalue weighted by Crippen LogP contribution is 2.15. The van der Waals surface area contributed by atoms with Crippen molar-refractivity contribution in [3.8, 4) is 0 Å². The van der Waals surface area contributed by atoms with E-state index in [0.717, 1.165) is 16.1 Å². The highest BCUT2D eigenvalue weighted by molar-refractivity contribution is 7.11. The molecule has 0 aliphatic rings. The Morgan fingerprint density at radius 3 is 2.67 bits per heavy atom. The van der Waals surface area contributed by atoms with Gasteiger partial charge in [0.2, 0.25) is 0 Å². The van der Waals surface area contributed by atoms with Crippen molar-refractivity contribution in [3.63, 3.8) is 0 Å². The minimum atomic E-state index is 0.154. The van der Waals surface area contributed by atoms with Gasteiger partial charge in [-0.1, -0.05) is 30.3 Å². The Bertz CT molecular complexity index is 461. The summed E-state index contributed by atoms with van der Waals surface area (Å²) < 4.78 is 0. The van der Waals surface area contributed by atoms with E-state index in [-0.39, 0.29) is 5.78 Å². The summed E-state index contributed by atoms with van der Waals surface area (Å²) in [4.78, 5) is 16.7. The number of carbonyl (C=O) groups is 1. The average molecular weight is 217 g/mol. The molecule has 0 radical (unpaired) electrons. The number of ketones is 1. The monoisotopic (exact) mass is 217 g/mol. The lowest BCUT2D eigenvalue weighted by Gasteiger charge is -1.99. The Hall–Kier alpha value is -1.48. The summed E-state index contributed by atoms with van der Waals surface area (Å²) in [5.74, 6) is 0.154. The van der Waals surface area contributed by atoms with Crippen molar-refractivity contribution >= 4 is 17.1 Å². The van der Waals surface area contributed by atoms with Crippen LogP contribution < -0.4 is 0 Å². The molecular formula is C12H11NOS. The van der Waals surface area contributed by atoms with E-state index in [1.807, 2.05) is 37.3 Å². The number of thiazole rings is 1. The van der Waals surface area contributed by atoms with Crippen LogP contribution in [-0.2, 0) is 6.42 Å². The van der Waals surface area contributed by atoms with E-state index in [9.17, 15) is 4.79 Å². The second kappa shape index (κ2) is 4.36. The average Bonchev–Trinajstić information content (AvgIpc) is 2.66. The third-order valence-corrected chi connectivity index (χ3v) is 3.18. The van der Waals surface area contributed by atoms with Gasteiger partial charge in [0.1, 0.15) is 0 Å². The summed E-state index contributed by atoms with van der Waals surface area (Å²) in [6, 6.07) is 9.78. The molecule has 0 spiro atoms. The van der Waals surface area contributed by atoms with Crippen molar-refractivity contribution in [2.75, 3.05) is 0 Å². The second-order valence-electron chi connectivity index (χ2n) is 3.35. The van der Waals surface area contributed by atoms with Gasteiger partial charge in [0, 0.05) is 6.42 Å². The molecule has 76 valence electrons. The van der Waals surface area contributed by atoms with E-state index in [4.69, 9.17) is 0 Å². The predicted octanol–water partition coefficient (Wildman–Crippen LogP) is 2.88. The summed E-state index contributed by atoms with van der Waals surface area (Å²) in [6.45, 7) is 1.87. The molecule has 0 bridgehead atoms. The van der Waals surface area contributed by atoms with Crippen LogP contribution in [0.15, 0.2) is 35.8 Å². The van der Waals surface area contributed by atoms with Crippen LogP contribution in [0.1, 0.15) is 20.9 Å². The van der Waals surface area contributed by atoms with E-state index in [2.05, 4.69) is 4.98 Å². The van der Waals surface area contributed by atoms with E-state index in [0.29, 0.717) is 6.42 Å². The molecule has 0 atom stereocenters. The Labute approximate surface area is 92.6 Å². The first-order valence-corrected chi connectivity index (χ1v) is 5.62. The fraction of sp³-hybridized carbons (Fsp3) is 0.167. The summed E-state index contributed by atoms with van der Waals surface area (Å²) in [6.07, 6.45) is 0.462. The number of hydrogen-bond acceptors (Lipinski definition) is 3. The molecule has 0 fully saturated rings. The maximum atomic E-state index is 11.9. The van der Waals surface area contributed by atoms with Crippen LogP contribution in [0.2, 0.25) is 0 Å². The smallest absolute Gasteiger partial charge is 0.179 e. The van der Waals surface area contributed by atoms with Gasteiger partial charge in [0.25, 0.3) is 0 Å². The first-order valence-electron chi connectivity index (χ1n) is 4.74. The first kappa shape index (κ1) is 10.1. The van der Waals surface area contributed by atoms with Gasteiger partial charge in [-0.25, -0.2) is 4.98 Å². The third-order valence-electron chi connectivity index (χ3n) is 2.21. The Balaban J connectivity index is 2.15. The van der Waals surface area contributed by atoms with Gasteiger partial charge in [-0.15, -0.1) is 11.3 Å². The molecular weight excluding hydrogens is 206 g/mol. The SMILES string of the molecule is Cc1ncsc1C(=O)Cc1ccccc1. The van der Waals surface area contributed by atoms with Crippen LogP contribution in [0.5, 0.6) is 0 Å². The standard InChI is InChI=1S/C12H11NOS/c1-9-12(15-8-13-9)11(14)7-10-5-3-2-4-6-10/h2-6,8H,7H2,1H3. The summed E-state index contributed by atoms with van der Waals surface area (Å²) in [5.41, 5.74) is 3.60. The molecule has 0 N–H and O–H groups in total. The van der Waals surface area contributed by atoms with Crippen molar-refractivity contribution in [3.05, 3.63) is 52.0 Å². The molecule has 3 heteroatoms. The number of carbonyl (C=O) groups excluding carboxylic acids is 1. The zero-order chi connectivity index (χ0) is 10.7. The van der Waals surface area contributed by atoms with Gasteiger partial charge in [-0.2, -0.15) is 0 Å². The van der Waals surface area contributed by atoms with Crippen LogP contribution >= 0.6 is 11.3 Å². The lowest BCUT2D eigenvalue weighted by molar-refractivity contribution is 0.0996. The van der Waals surface area contributed by atoms with Gasteiger partial charge in [-0.05, 0) is 12.5 Å². The molecule has 2 rings (SSSR count). The number of benzene rings is 1. The maximum absolute atomic E-state index is 11.9. The summed E-state index contributed by atoms with van der Waals surface area (Å²) in [5, 5.41) is 0. The highest BCUT2D eigenvalue weighted by atomic mass is 32.1. The number of aromatic nitrogens is 1. The van der Waals surface area contributed by atoms with E-state index in [1.165, 1.54) is 11.3 Å². The van der Waals surface area contributed by atoms with Gasteiger partial charge < -0.3 is 0 Å². The lowest BCUT2D eigenvalue weighted by atomic mass is 10.1. The fourth-order valence-corrected chi connectivity index (χ4v) is 2.17. The number of hydrogen-bond donors (Lipinski definition) is 0. The van der Waals surface area contributed by atoms with Crippen LogP contribution in [0, 0.1) is 6.92 Å². The summed E-state index contributed by atoms with van der Waals surface area (Å²) >= 11 is 1.42. The van der Waals surface area contributed by atoms with Crippen molar-refractivity contribution in [1.82, 2.24) is 4.98 Å². The molecule has 2 nitrogen and oxygen atoms in total. The Kier molecular flexibility index (Phi) is 2.92. The molecule has 0 aliphatic carbocycles. The molecule has 0 amide bonds. The maximum Gasteiger partial charge on any atom is 0.179 e. The summed E-state index contributed by atoms with van der Waals surface area (Å²) in [7, 11) is 0. The van der Waals surface area contributed by atoms with Gasteiger partial charge in [-0.3, -0.25) is 4.79 Å². The van der Waals surface area contributed by atoms with Crippen LogP contribution in [0.3, 0.4) is 0 Å². The minimum Gasteiger partial charge on any atom is -0.293 e. The normalized spacial score (nSPS) is 10.2. The molecule has 0 saturated heterocycles. The van der Waals surface area contributed by atoms with Gasteiger partial charge >= 0.3 is 0 Å². The number of aryl methyl sites for hydroxylation is 1. The first-order chi connectivity index (χ1) is 7.27. The highest BCUT2D eigenvalue weighted by Gasteiger charge is 2.11. The largest absolute Gasteiger partial charge is 0.293 e. The number of Topliss-reactive ketones (excluding diaryl/α,β-unsaturated/α-hetero) is 1. The van der Waals surface area contributed by atoms with E-state index < -0.39 is 0 Å². The molecule has 0 aliphatic heterocycles. The van der Waals surface area contributed by atoms with E-state index in [1.54, 1.807) is 5.51 Å². The molecule has 2 aromatic rings. The van der Waals surface area contributed by atoms with Crippen molar-refractivity contribution in [1.29, 1.82) is 0 Å². The molecule has 1 heterocycles. The zero-order valence-corrected chi connectivity index (χ0v) is 9.25. The molecule has 1 aromatic carbocycles. The van der Waals surface area contributed by atoms with E-state index >= 15 is 0 Å². The lowest BCUT2D eigenvalue weighted by Crippen LogP contribution is -2.02. The van der Waals surface area contributed by atoms with Gasteiger partial charge in [0.15, 0.2) is 5.78 Å². The molecule has 15 heavy (non-hydrogen) atoms. The van der Waals surface area contributed by atoms with Crippen LogP contribution in [0.4, 0.5) is 0 Å². The van der Waals surface area contributed by atoms with Crippen molar-refractivity contribution < 1.29 is 4.79 Å². The second-order valence-corrected chi connectivity index (χ2v) is 4.21. The number of nitrogens with zero attached hydrogens (tertiary/aromatic N) is 1. The van der Waals surface area contributed by atoms with Crippen molar-refractivity contribution in [2.45, 2.75) is 13.3 Å². The quantitative estimate of drug-likeness (QED) is 0.740. The predicted molar refractivity (Wildman–Crippen MR) is 61.3 cm³/mol. The molecule has 0 saturated carbocycles. The topological polar surface area (TPSA) is 30.0 Å². The van der Waals surface area contributed by atoms with Crippen LogP contribution in [-0.4, -0.2) is 10.8 Å². The number of rotatable bonds is 3. The van der Waals surface area contributed by atoms with Gasteiger partial charge in [0.05, 0.1) is 16.1 Å². The zero-order valence-electron chi connectivity index (χ0n) is 8.43. The molecule has 0 unspecified atom stereocenters. The van der Waals surface area contributed by atoms with Crippen LogP contribution in [0.25, 0.3) is 0 Å². The fourth-order valence-electron chi connectivity index (χ4n) is 1.43. The Morgan fingerprint density at radius 1 is 1.33 bits per heavy atom.